The lowest BCUT2D eigenvalue weighted by Crippen LogP contribution is -2.09. The van der Waals surface area contributed by atoms with Gasteiger partial charge in [0.1, 0.15) is 5.82 Å². The SMILES string of the molecule is C=C(C)CNc1ccnc(NCC(=C)C)n1. The minimum Gasteiger partial charge on any atom is -0.366 e. The van der Waals surface area contributed by atoms with Crippen molar-refractivity contribution in [3.8, 4) is 0 Å². The summed E-state index contributed by atoms with van der Waals surface area (Å²) in [4.78, 5) is 8.41. The molecular weight excluding hydrogens is 200 g/mol. The van der Waals surface area contributed by atoms with Crippen LogP contribution in [-0.4, -0.2) is 23.1 Å². The van der Waals surface area contributed by atoms with Gasteiger partial charge in [0.2, 0.25) is 5.95 Å². The Morgan fingerprint density at radius 1 is 1.19 bits per heavy atom. The summed E-state index contributed by atoms with van der Waals surface area (Å²) in [7, 11) is 0. The number of nitrogens with one attached hydrogen (secondary N) is 2. The van der Waals surface area contributed by atoms with E-state index in [0.29, 0.717) is 12.5 Å². The molecule has 0 radical (unpaired) electrons. The van der Waals surface area contributed by atoms with Gasteiger partial charge in [-0.2, -0.15) is 4.98 Å². The molecule has 1 aromatic heterocycles. The molecular formula is C12H18N4. The van der Waals surface area contributed by atoms with E-state index in [9.17, 15) is 0 Å². The van der Waals surface area contributed by atoms with Gasteiger partial charge in [-0.25, -0.2) is 4.98 Å². The molecule has 0 amide bonds. The number of aromatic nitrogens is 2. The van der Waals surface area contributed by atoms with Crippen LogP contribution in [0.5, 0.6) is 0 Å². The van der Waals surface area contributed by atoms with Gasteiger partial charge in [-0.05, 0) is 19.9 Å². The molecule has 0 aliphatic heterocycles. The molecule has 4 nitrogen and oxygen atoms in total. The monoisotopic (exact) mass is 218 g/mol. The Labute approximate surface area is 96.5 Å². The van der Waals surface area contributed by atoms with Gasteiger partial charge < -0.3 is 10.6 Å². The molecule has 0 unspecified atom stereocenters. The number of hydrogen-bond acceptors (Lipinski definition) is 4. The highest BCUT2D eigenvalue weighted by Crippen LogP contribution is 2.06. The van der Waals surface area contributed by atoms with Crippen molar-refractivity contribution in [1.82, 2.24) is 9.97 Å². The summed E-state index contributed by atoms with van der Waals surface area (Å²) in [5.74, 6) is 1.40. The third-order valence-corrected chi connectivity index (χ3v) is 1.78. The smallest absolute Gasteiger partial charge is 0.224 e. The van der Waals surface area contributed by atoms with E-state index in [1.807, 2.05) is 19.9 Å². The van der Waals surface area contributed by atoms with Crippen molar-refractivity contribution < 1.29 is 0 Å². The second-order valence-corrected chi connectivity index (χ2v) is 3.89. The van der Waals surface area contributed by atoms with Gasteiger partial charge >= 0.3 is 0 Å². The summed E-state index contributed by atoms with van der Waals surface area (Å²) in [6, 6.07) is 1.83. The molecule has 1 aromatic rings. The van der Waals surface area contributed by atoms with Gasteiger partial charge in [0.05, 0.1) is 0 Å². The molecule has 0 bridgehead atoms. The van der Waals surface area contributed by atoms with Crippen LogP contribution in [0.4, 0.5) is 11.8 Å². The van der Waals surface area contributed by atoms with Crippen molar-refractivity contribution in [2.24, 2.45) is 0 Å². The molecule has 0 fully saturated rings. The van der Waals surface area contributed by atoms with Crippen LogP contribution < -0.4 is 10.6 Å². The third kappa shape index (κ3) is 4.59. The second kappa shape index (κ2) is 5.90. The van der Waals surface area contributed by atoms with Crippen LogP contribution in [0.3, 0.4) is 0 Å². The van der Waals surface area contributed by atoms with Crippen molar-refractivity contribution in [2.75, 3.05) is 23.7 Å². The standard InChI is InChI=1S/C12H18N4/c1-9(2)7-14-11-5-6-13-12(16-11)15-8-10(3)4/h5-6H,1,3,7-8H2,2,4H3,(H2,13,14,15,16). The molecule has 1 heterocycles. The summed E-state index contributed by atoms with van der Waals surface area (Å²) < 4.78 is 0. The predicted molar refractivity (Wildman–Crippen MR) is 68.6 cm³/mol. The Bertz CT molecular complexity index is 351. The van der Waals surface area contributed by atoms with E-state index in [-0.39, 0.29) is 0 Å². The van der Waals surface area contributed by atoms with Gasteiger partial charge in [0, 0.05) is 19.3 Å². The molecule has 4 heteroatoms. The summed E-state index contributed by atoms with van der Waals surface area (Å²) in [5, 5.41) is 6.25. The minimum absolute atomic E-state index is 0.606. The summed E-state index contributed by atoms with van der Waals surface area (Å²) in [5.41, 5.74) is 2.11. The first-order valence-electron chi connectivity index (χ1n) is 5.17. The molecule has 86 valence electrons. The van der Waals surface area contributed by atoms with Crippen LogP contribution in [-0.2, 0) is 0 Å². The highest BCUT2D eigenvalue weighted by molar-refractivity contribution is 5.40. The van der Waals surface area contributed by atoms with Crippen molar-refractivity contribution in [2.45, 2.75) is 13.8 Å². The lowest BCUT2D eigenvalue weighted by atomic mass is 10.3. The van der Waals surface area contributed by atoms with Crippen LogP contribution in [0.1, 0.15) is 13.8 Å². The number of anilines is 2. The third-order valence-electron chi connectivity index (χ3n) is 1.78. The van der Waals surface area contributed by atoms with Gasteiger partial charge in [-0.1, -0.05) is 24.3 Å². The van der Waals surface area contributed by atoms with Gasteiger partial charge in [-0.15, -0.1) is 0 Å². The Kier molecular flexibility index (Phi) is 4.51. The predicted octanol–water partition coefficient (Wildman–Crippen LogP) is 2.45. The van der Waals surface area contributed by atoms with Gasteiger partial charge in [0.25, 0.3) is 0 Å². The first kappa shape index (κ1) is 12.2. The zero-order valence-electron chi connectivity index (χ0n) is 9.88. The Morgan fingerprint density at radius 2 is 1.81 bits per heavy atom. The van der Waals surface area contributed by atoms with Crippen molar-refractivity contribution in [1.29, 1.82) is 0 Å². The van der Waals surface area contributed by atoms with Crippen LogP contribution in [0.2, 0.25) is 0 Å². The lowest BCUT2D eigenvalue weighted by Gasteiger charge is -2.07. The van der Waals surface area contributed by atoms with Crippen molar-refractivity contribution >= 4 is 11.8 Å². The number of nitrogens with zero attached hydrogens (tertiary/aromatic N) is 2. The summed E-state index contributed by atoms with van der Waals surface area (Å²) in [6.45, 7) is 13.0. The van der Waals surface area contributed by atoms with Crippen LogP contribution in [0.15, 0.2) is 36.6 Å². The first-order chi connectivity index (χ1) is 7.58. The van der Waals surface area contributed by atoms with Crippen LogP contribution in [0, 0.1) is 0 Å². The Hall–Kier alpha value is -1.84. The number of rotatable bonds is 6. The zero-order valence-corrected chi connectivity index (χ0v) is 9.88. The summed E-state index contributed by atoms with van der Waals surface area (Å²) in [6.07, 6.45) is 1.72. The average Bonchev–Trinajstić information content (AvgIpc) is 2.24. The molecule has 0 spiro atoms. The maximum Gasteiger partial charge on any atom is 0.224 e. The molecule has 0 atom stereocenters. The lowest BCUT2D eigenvalue weighted by molar-refractivity contribution is 1.07. The molecule has 0 saturated carbocycles. The average molecular weight is 218 g/mol. The normalized spacial score (nSPS) is 9.62. The second-order valence-electron chi connectivity index (χ2n) is 3.89. The fourth-order valence-corrected chi connectivity index (χ4v) is 1.01. The fourth-order valence-electron chi connectivity index (χ4n) is 1.01. The van der Waals surface area contributed by atoms with Gasteiger partial charge in [-0.3, -0.25) is 0 Å². The maximum atomic E-state index is 4.30. The minimum atomic E-state index is 0.606. The topological polar surface area (TPSA) is 49.8 Å². The van der Waals surface area contributed by atoms with E-state index in [0.717, 1.165) is 23.5 Å². The molecule has 0 aliphatic carbocycles. The van der Waals surface area contributed by atoms with Gasteiger partial charge in [0.15, 0.2) is 0 Å². The van der Waals surface area contributed by atoms with E-state index in [1.54, 1.807) is 6.20 Å². The van der Waals surface area contributed by atoms with Crippen LogP contribution in [0.25, 0.3) is 0 Å². The quantitative estimate of drug-likeness (QED) is 0.720. The zero-order chi connectivity index (χ0) is 12.0. The molecule has 0 saturated heterocycles. The van der Waals surface area contributed by atoms with E-state index >= 15 is 0 Å². The van der Waals surface area contributed by atoms with E-state index in [2.05, 4.69) is 33.8 Å². The molecule has 16 heavy (non-hydrogen) atoms. The first-order valence-corrected chi connectivity index (χ1v) is 5.17. The Balaban J connectivity index is 2.56. The highest BCUT2D eigenvalue weighted by atomic mass is 15.1. The molecule has 0 aliphatic rings. The van der Waals surface area contributed by atoms with Crippen molar-refractivity contribution in [3.05, 3.63) is 36.6 Å². The summed E-state index contributed by atoms with van der Waals surface area (Å²) >= 11 is 0. The molecule has 1 rings (SSSR count). The van der Waals surface area contributed by atoms with E-state index in [4.69, 9.17) is 0 Å². The Morgan fingerprint density at radius 3 is 2.44 bits per heavy atom. The van der Waals surface area contributed by atoms with Crippen LogP contribution >= 0.6 is 0 Å². The number of hydrogen-bond donors (Lipinski definition) is 2. The maximum absolute atomic E-state index is 4.30. The van der Waals surface area contributed by atoms with Crippen molar-refractivity contribution in [3.63, 3.8) is 0 Å². The van der Waals surface area contributed by atoms with E-state index < -0.39 is 0 Å². The molecule has 0 aromatic carbocycles. The highest BCUT2D eigenvalue weighted by Gasteiger charge is 1.98. The largest absolute Gasteiger partial charge is 0.366 e. The van der Waals surface area contributed by atoms with E-state index in [1.165, 1.54) is 0 Å². The fraction of sp³-hybridized carbons (Fsp3) is 0.333. The molecule has 2 N–H and O–H groups in total.